The van der Waals surface area contributed by atoms with Crippen molar-refractivity contribution in [2.45, 2.75) is 32.7 Å². The van der Waals surface area contributed by atoms with Gasteiger partial charge in [0.15, 0.2) is 5.82 Å². The van der Waals surface area contributed by atoms with Crippen LogP contribution in [-0.4, -0.2) is 46.3 Å². The quantitative estimate of drug-likeness (QED) is 0.764. The molecule has 0 aromatic carbocycles. The number of nitrogens with one attached hydrogen (secondary N) is 1. The molecule has 0 spiro atoms. The number of rotatable bonds is 6. The highest BCUT2D eigenvalue weighted by atomic mass is 32.1. The molecule has 0 bridgehead atoms. The summed E-state index contributed by atoms with van der Waals surface area (Å²) in [5.74, 6) is 0.694. The van der Waals surface area contributed by atoms with E-state index in [9.17, 15) is 0 Å². The van der Waals surface area contributed by atoms with Gasteiger partial charge in [-0.25, -0.2) is 0 Å². The lowest BCUT2D eigenvalue weighted by atomic mass is 10.1. The van der Waals surface area contributed by atoms with Gasteiger partial charge in [-0.15, -0.1) is 5.10 Å². The fourth-order valence-electron chi connectivity index (χ4n) is 2.08. The number of thiocarbonyl (C=S) groups is 1. The summed E-state index contributed by atoms with van der Waals surface area (Å²) in [6.07, 6.45) is 2.64. The number of aryl methyl sites for hydroxylation is 1. The van der Waals surface area contributed by atoms with Gasteiger partial charge >= 0.3 is 0 Å². The minimum absolute atomic E-state index is 0.369. The van der Waals surface area contributed by atoms with Crippen molar-refractivity contribution in [3.05, 3.63) is 16.8 Å². The Bertz CT molecular complexity index is 484. The van der Waals surface area contributed by atoms with Crippen LogP contribution in [0.2, 0.25) is 0 Å². The molecule has 5 nitrogen and oxygen atoms in total. The zero-order valence-electron chi connectivity index (χ0n) is 11.7. The van der Waals surface area contributed by atoms with Gasteiger partial charge < -0.3 is 16.0 Å². The Kier molecular flexibility index (Phi) is 4.31. The monoisotopic (exact) mass is 279 g/mol. The number of nitrogens with zero attached hydrogens (tertiary/aromatic N) is 3. The number of nitrogens with two attached hydrogens (primary N) is 1. The lowest BCUT2D eigenvalue weighted by molar-refractivity contribution is 0.337. The fourth-order valence-corrected chi connectivity index (χ4v) is 2.33. The van der Waals surface area contributed by atoms with Crippen LogP contribution in [0.1, 0.15) is 29.7 Å². The van der Waals surface area contributed by atoms with Crippen LogP contribution in [-0.2, 0) is 0 Å². The molecule has 1 heterocycles. The van der Waals surface area contributed by atoms with Crippen molar-refractivity contribution in [3.63, 3.8) is 0 Å². The van der Waals surface area contributed by atoms with Crippen LogP contribution in [0.4, 0.5) is 5.82 Å². The van der Waals surface area contributed by atoms with Crippen molar-refractivity contribution < 1.29 is 0 Å². The number of anilines is 1. The first-order valence-corrected chi connectivity index (χ1v) is 6.99. The molecule has 1 aromatic heterocycles. The molecule has 1 aliphatic rings. The number of aromatic nitrogens is 2. The maximum absolute atomic E-state index is 5.79. The molecule has 1 aromatic rings. The summed E-state index contributed by atoms with van der Waals surface area (Å²) in [6.45, 7) is 5.69. The van der Waals surface area contributed by atoms with Gasteiger partial charge in [0.1, 0.15) is 4.99 Å². The highest BCUT2D eigenvalue weighted by Gasteiger charge is 2.25. The van der Waals surface area contributed by atoms with Crippen LogP contribution in [0.15, 0.2) is 0 Å². The van der Waals surface area contributed by atoms with Crippen molar-refractivity contribution in [2.75, 3.05) is 25.5 Å². The Labute approximate surface area is 119 Å². The van der Waals surface area contributed by atoms with Gasteiger partial charge in [0, 0.05) is 19.1 Å². The average Bonchev–Trinajstić information content (AvgIpc) is 3.17. The van der Waals surface area contributed by atoms with Crippen LogP contribution < -0.4 is 11.1 Å². The summed E-state index contributed by atoms with van der Waals surface area (Å²) in [7, 11) is 2.15. The molecule has 19 heavy (non-hydrogen) atoms. The first-order valence-electron chi connectivity index (χ1n) is 6.58. The van der Waals surface area contributed by atoms with Gasteiger partial charge in [0.25, 0.3) is 0 Å². The van der Waals surface area contributed by atoms with E-state index in [0.717, 1.165) is 36.0 Å². The summed E-state index contributed by atoms with van der Waals surface area (Å²) in [5, 5.41) is 11.6. The molecule has 0 radical (unpaired) electrons. The van der Waals surface area contributed by atoms with Gasteiger partial charge in [-0.1, -0.05) is 12.2 Å². The van der Waals surface area contributed by atoms with Crippen molar-refractivity contribution in [1.82, 2.24) is 15.1 Å². The predicted octanol–water partition coefficient (Wildman–Crippen LogP) is 1.23. The van der Waals surface area contributed by atoms with Gasteiger partial charge in [0.05, 0.1) is 11.3 Å². The van der Waals surface area contributed by atoms with Crippen LogP contribution in [0.5, 0.6) is 0 Å². The minimum Gasteiger partial charge on any atom is -0.389 e. The molecule has 0 amide bonds. The fraction of sp³-hybridized carbons (Fsp3) is 0.615. The van der Waals surface area contributed by atoms with Crippen LogP contribution in [0.3, 0.4) is 0 Å². The highest BCUT2D eigenvalue weighted by molar-refractivity contribution is 7.80. The Morgan fingerprint density at radius 1 is 1.42 bits per heavy atom. The second-order valence-electron chi connectivity index (χ2n) is 5.14. The molecule has 0 unspecified atom stereocenters. The van der Waals surface area contributed by atoms with Crippen molar-refractivity contribution in [3.8, 4) is 0 Å². The summed E-state index contributed by atoms with van der Waals surface area (Å²) in [5.41, 5.74) is 8.47. The number of hydrogen-bond acceptors (Lipinski definition) is 5. The maximum atomic E-state index is 5.79. The molecular formula is C13H21N5S. The normalized spacial score (nSPS) is 14.7. The van der Waals surface area contributed by atoms with Crippen LogP contribution in [0.25, 0.3) is 0 Å². The molecule has 6 heteroatoms. The van der Waals surface area contributed by atoms with Gasteiger partial charge in [-0.2, -0.15) is 5.10 Å². The van der Waals surface area contributed by atoms with E-state index in [1.54, 1.807) is 0 Å². The maximum Gasteiger partial charge on any atom is 0.159 e. The smallest absolute Gasteiger partial charge is 0.159 e. The van der Waals surface area contributed by atoms with E-state index in [0.29, 0.717) is 10.8 Å². The molecule has 104 valence electrons. The summed E-state index contributed by atoms with van der Waals surface area (Å²) >= 11 is 5.11. The lowest BCUT2D eigenvalue weighted by Crippen LogP contribution is -2.28. The van der Waals surface area contributed by atoms with E-state index < -0.39 is 0 Å². The molecule has 2 rings (SSSR count). The van der Waals surface area contributed by atoms with Gasteiger partial charge in [-0.3, -0.25) is 0 Å². The number of hydrogen-bond donors (Lipinski definition) is 2. The van der Waals surface area contributed by atoms with E-state index in [-0.39, 0.29) is 0 Å². The van der Waals surface area contributed by atoms with Crippen molar-refractivity contribution in [2.24, 2.45) is 5.73 Å². The van der Waals surface area contributed by atoms with E-state index in [1.165, 1.54) is 12.8 Å². The minimum atomic E-state index is 0.369. The molecule has 1 saturated carbocycles. The largest absolute Gasteiger partial charge is 0.389 e. The first-order chi connectivity index (χ1) is 9.00. The second-order valence-corrected chi connectivity index (χ2v) is 5.58. The third-order valence-electron chi connectivity index (χ3n) is 3.63. The van der Waals surface area contributed by atoms with Gasteiger partial charge in [-0.05, 0) is 39.3 Å². The number of likely N-dealkylation sites (N-methyl/N-ethyl adjacent to an activating group) is 1. The highest BCUT2D eigenvalue weighted by Crippen LogP contribution is 2.25. The van der Waals surface area contributed by atoms with Crippen LogP contribution >= 0.6 is 12.2 Å². The molecular weight excluding hydrogens is 258 g/mol. The Morgan fingerprint density at radius 3 is 2.68 bits per heavy atom. The predicted molar refractivity (Wildman–Crippen MR) is 81.5 cm³/mol. The molecule has 1 aliphatic carbocycles. The average molecular weight is 279 g/mol. The third kappa shape index (κ3) is 3.39. The molecule has 0 saturated heterocycles. The van der Waals surface area contributed by atoms with E-state index >= 15 is 0 Å². The third-order valence-corrected chi connectivity index (χ3v) is 3.83. The topological polar surface area (TPSA) is 67.1 Å². The molecule has 0 aliphatic heterocycles. The Morgan fingerprint density at radius 2 is 2.11 bits per heavy atom. The second kappa shape index (κ2) is 5.79. The van der Waals surface area contributed by atoms with Gasteiger partial charge in [0.2, 0.25) is 0 Å². The standard InChI is InChI=1S/C13H21N5S/c1-8-9(2)16-17-13(11(8)12(14)19)15-6-7-18(3)10-4-5-10/h10H,4-7H2,1-3H3,(H2,14,19)(H,15,17). The molecule has 0 atom stereocenters. The zero-order chi connectivity index (χ0) is 14.0. The Hall–Kier alpha value is -1.27. The van der Waals surface area contributed by atoms with E-state index in [1.807, 2.05) is 13.8 Å². The summed E-state index contributed by atoms with van der Waals surface area (Å²) in [4.78, 5) is 2.73. The first kappa shape index (κ1) is 14.1. The summed E-state index contributed by atoms with van der Waals surface area (Å²) < 4.78 is 0. The lowest BCUT2D eigenvalue weighted by Gasteiger charge is -2.17. The van der Waals surface area contributed by atoms with Crippen molar-refractivity contribution >= 4 is 23.0 Å². The summed E-state index contributed by atoms with van der Waals surface area (Å²) in [6, 6.07) is 0.766. The Balaban J connectivity index is 2.02. The SMILES string of the molecule is Cc1nnc(NCCN(C)C2CC2)c(C(N)=S)c1C. The molecule has 3 N–H and O–H groups in total. The molecule has 1 fully saturated rings. The van der Waals surface area contributed by atoms with E-state index in [2.05, 4.69) is 27.5 Å². The van der Waals surface area contributed by atoms with Crippen LogP contribution in [0, 0.1) is 13.8 Å². The van der Waals surface area contributed by atoms with Crippen molar-refractivity contribution in [1.29, 1.82) is 0 Å². The zero-order valence-corrected chi connectivity index (χ0v) is 12.5. The van der Waals surface area contributed by atoms with E-state index in [4.69, 9.17) is 18.0 Å².